The van der Waals surface area contributed by atoms with E-state index in [1.807, 2.05) is 24.3 Å². The molecule has 0 aliphatic rings. The van der Waals surface area contributed by atoms with Crippen LogP contribution in [0.2, 0.25) is 5.02 Å². The van der Waals surface area contributed by atoms with Gasteiger partial charge in [-0.1, -0.05) is 29.8 Å². The van der Waals surface area contributed by atoms with Crippen molar-refractivity contribution in [2.75, 3.05) is 10.6 Å². The average molecular weight is 286 g/mol. The van der Waals surface area contributed by atoms with E-state index in [1.54, 1.807) is 30.5 Å². The number of nitrogens with one attached hydrogen (secondary N) is 3. The molecular weight excluding hydrogens is 274 g/mol. The second-order valence-electron chi connectivity index (χ2n) is 4.33. The number of H-pyrrole nitrogens is 1. The molecule has 2 amide bonds. The first kappa shape index (κ1) is 12.6. The zero-order valence-electron chi connectivity index (χ0n) is 10.5. The maximum absolute atomic E-state index is 11.9. The van der Waals surface area contributed by atoms with Crippen LogP contribution in [0, 0.1) is 0 Å². The fraction of sp³-hybridized carbons (Fsp3) is 0. The van der Waals surface area contributed by atoms with Crippen molar-refractivity contribution in [2.24, 2.45) is 0 Å². The lowest BCUT2D eigenvalue weighted by atomic mass is 10.2. The van der Waals surface area contributed by atoms with Gasteiger partial charge in [0.15, 0.2) is 0 Å². The molecule has 4 nitrogen and oxygen atoms in total. The summed E-state index contributed by atoms with van der Waals surface area (Å²) in [6.45, 7) is 0. The van der Waals surface area contributed by atoms with E-state index in [9.17, 15) is 4.79 Å². The predicted octanol–water partition coefficient (Wildman–Crippen LogP) is 4.47. The Bertz CT molecular complexity index is 749. The number of rotatable bonds is 2. The second-order valence-corrected chi connectivity index (χ2v) is 4.77. The molecule has 2 aromatic carbocycles. The number of hydrogen-bond acceptors (Lipinski definition) is 1. The molecule has 0 unspecified atom stereocenters. The third-order valence-corrected chi connectivity index (χ3v) is 3.19. The number of carbonyl (C=O) groups excluding carboxylic acids is 1. The monoisotopic (exact) mass is 285 g/mol. The lowest BCUT2D eigenvalue weighted by Gasteiger charge is -2.06. The summed E-state index contributed by atoms with van der Waals surface area (Å²) in [6, 6.07) is 14.4. The van der Waals surface area contributed by atoms with Crippen molar-refractivity contribution in [3.8, 4) is 0 Å². The van der Waals surface area contributed by atoms with E-state index in [1.165, 1.54) is 0 Å². The van der Waals surface area contributed by atoms with Gasteiger partial charge in [0.2, 0.25) is 0 Å². The quantitative estimate of drug-likeness (QED) is 0.639. The molecule has 1 aromatic heterocycles. The lowest BCUT2D eigenvalue weighted by molar-refractivity contribution is 0.262. The summed E-state index contributed by atoms with van der Waals surface area (Å²) in [7, 11) is 0. The van der Waals surface area contributed by atoms with Gasteiger partial charge in [-0.25, -0.2) is 4.79 Å². The molecule has 0 aliphatic heterocycles. The Kier molecular flexibility index (Phi) is 3.31. The number of urea groups is 1. The minimum Gasteiger partial charge on any atom is -0.359 e. The van der Waals surface area contributed by atoms with E-state index in [-0.39, 0.29) is 6.03 Å². The van der Waals surface area contributed by atoms with Crippen molar-refractivity contribution in [3.63, 3.8) is 0 Å². The van der Waals surface area contributed by atoms with Crippen LogP contribution in [-0.2, 0) is 0 Å². The number of halogens is 1. The summed E-state index contributed by atoms with van der Waals surface area (Å²) in [4.78, 5) is 15.0. The van der Waals surface area contributed by atoms with E-state index in [4.69, 9.17) is 11.6 Å². The molecule has 0 aliphatic carbocycles. The normalized spacial score (nSPS) is 10.4. The summed E-state index contributed by atoms with van der Waals surface area (Å²) >= 11 is 5.80. The summed E-state index contributed by atoms with van der Waals surface area (Å²) in [5.74, 6) is 0. The molecule has 3 N–H and O–H groups in total. The van der Waals surface area contributed by atoms with Crippen LogP contribution in [0.25, 0.3) is 10.9 Å². The Labute approximate surface area is 120 Å². The zero-order chi connectivity index (χ0) is 13.9. The Balaban J connectivity index is 1.74. The van der Waals surface area contributed by atoms with Crippen LogP contribution < -0.4 is 10.6 Å². The number of aromatic amines is 1. The smallest absolute Gasteiger partial charge is 0.323 e. The van der Waals surface area contributed by atoms with E-state index >= 15 is 0 Å². The Morgan fingerprint density at radius 3 is 2.55 bits per heavy atom. The van der Waals surface area contributed by atoms with Crippen LogP contribution in [0.3, 0.4) is 0 Å². The highest BCUT2D eigenvalue weighted by Gasteiger charge is 2.07. The van der Waals surface area contributed by atoms with Gasteiger partial charge in [-0.3, -0.25) is 0 Å². The SMILES string of the molecule is O=C(Nc1ccc(Cl)cc1)Nc1c[nH]c2ccccc12. The predicted molar refractivity (Wildman–Crippen MR) is 82.4 cm³/mol. The zero-order valence-corrected chi connectivity index (χ0v) is 11.2. The summed E-state index contributed by atoms with van der Waals surface area (Å²) in [6.07, 6.45) is 1.77. The maximum Gasteiger partial charge on any atom is 0.323 e. The molecule has 0 spiro atoms. The minimum absolute atomic E-state index is 0.294. The van der Waals surface area contributed by atoms with Crippen LogP contribution in [0.5, 0.6) is 0 Å². The number of amides is 2. The molecule has 1 heterocycles. The summed E-state index contributed by atoms with van der Waals surface area (Å²) < 4.78 is 0. The fourth-order valence-electron chi connectivity index (χ4n) is 1.99. The highest BCUT2D eigenvalue weighted by molar-refractivity contribution is 6.30. The lowest BCUT2D eigenvalue weighted by Crippen LogP contribution is -2.19. The van der Waals surface area contributed by atoms with Gasteiger partial charge in [0, 0.05) is 27.8 Å². The van der Waals surface area contributed by atoms with Crippen molar-refractivity contribution in [2.45, 2.75) is 0 Å². The topological polar surface area (TPSA) is 56.9 Å². The van der Waals surface area contributed by atoms with Crippen molar-refractivity contribution in [1.29, 1.82) is 0 Å². The molecular formula is C15H12ClN3O. The minimum atomic E-state index is -0.294. The number of carbonyl (C=O) groups is 1. The fourth-order valence-corrected chi connectivity index (χ4v) is 2.12. The maximum atomic E-state index is 11.9. The highest BCUT2D eigenvalue weighted by atomic mass is 35.5. The van der Waals surface area contributed by atoms with Gasteiger partial charge in [0.25, 0.3) is 0 Å². The first-order chi connectivity index (χ1) is 9.72. The summed E-state index contributed by atoms with van der Waals surface area (Å²) in [5.41, 5.74) is 2.41. The molecule has 100 valence electrons. The molecule has 0 atom stereocenters. The van der Waals surface area contributed by atoms with Gasteiger partial charge >= 0.3 is 6.03 Å². The molecule has 0 fully saturated rings. The molecule has 0 radical (unpaired) electrons. The third-order valence-electron chi connectivity index (χ3n) is 2.94. The van der Waals surface area contributed by atoms with E-state index < -0.39 is 0 Å². The number of aromatic nitrogens is 1. The number of para-hydroxylation sites is 1. The molecule has 3 aromatic rings. The van der Waals surface area contributed by atoms with Crippen molar-refractivity contribution >= 4 is 39.9 Å². The van der Waals surface area contributed by atoms with E-state index in [0.717, 1.165) is 16.6 Å². The van der Waals surface area contributed by atoms with Crippen LogP contribution in [-0.4, -0.2) is 11.0 Å². The van der Waals surface area contributed by atoms with Gasteiger partial charge in [-0.05, 0) is 30.3 Å². The van der Waals surface area contributed by atoms with Gasteiger partial charge in [-0.2, -0.15) is 0 Å². The van der Waals surface area contributed by atoms with Gasteiger partial charge in [0.1, 0.15) is 0 Å². The van der Waals surface area contributed by atoms with Crippen molar-refractivity contribution in [1.82, 2.24) is 4.98 Å². The average Bonchev–Trinajstić information content (AvgIpc) is 2.85. The number of fused-ring (bicyclic) bond motifs is 1. The highest BCUT2D eigenvalue weighted by Crippen LogP contribution is 2.22. The molecule has 0 saturated carbocycles. The van der Waals surface area contributed by atoms with Gasteiger partial charge in [0.05, 0.1) is 5.69 Å². The Morgan fingerprint density at radius 2 is 1.75 bits per heavy atom. The number of anilines is 2. The molecule has 3 rings (SSSR count). The third kappa shape index (κ3) is 2.60. The first-order valence-electron chi connectivity index (χ1n) is 6.12. The Hall–Kier alpha value is -2.46. The van der Waals surface area contributed by atoms with Crippen LogP contribution >= 0.6 is 11.6 Å². The number of benzene rings is 2. The van der Waals surface area contributed by atoms with Crippen molar-refractivity contribution in [3.05, 3.63) is 59.8 Å². The Morgan fingerprint density at radius 1 is 1.00 bits per heavy atom. The molecule has 5 heteroatoms. The second kappa shape index (κ2) is 5.27. The number of hydrogen-bond donors (Lipinski definition) is 3. The molecule has 20 heavy (non-hydrogen) atoms. The van der Waals surface area contributed by atoms with Crippen LogP contribution in [0.15, 0.2) is 54.7 Å². The standard InChI is InChI=1S/C15H12ClN3O/c16-10-5-7-11(8-6-10)18-15(20)19-14-9-17-13-4-2-1-3-12(13)14/h1-9,17H,(H2,18,19,20). The molecule has 0 saturated heterocycles. The largest absolute Gasteiger partial charge is 0.359 e. The van der Waals surface area contributed by atoms with Gasteiger partial charge in [-0.15, -0.1) is 0 Å². The van der Waals surface area contributed by atoms with Gasteiger partial charge < -0.3 is 15.6 Å². The summed E-state index contributed by atoms with van der Waals surface area (Å²) in [5, 5.41) is 7.17. The van der Waals surface area contributed by atoms with E-state index in [2.05, 4.69) is 15.6 Å². The van der Waals surface area contributed by atoms with E-state index in [0.29, 0.717) is 10.7 Å². The van der Waals surface area contributed by atoms with Crippen LogP contribution in [0.4, 0.5) is 16.2 Å². The van der Waals surface area contributed by atoms with Crippen molar-refractivity contribution < 1.29 is 4.79 Å². The first-order valence-corrected chi connectivity index (χ1v) is 6.50. The van der Waals surface area contributed by atoms with Crippen LogP contribution in [0.1, 0.15) is 0 Å². The molecule has 0 bridgehead atoms.